The predicted octanol–water partition coefficient (Wildman–Crippen LogP) is 5.95. The normalized spacial score (nSPS) is 15.5. The first-order chi connectivity index (χ1) is 15.2. The second kappa shape index (κ2) is 10.0. The molecule has 0 fully saturated rings. The molecule has 0 spiro atoms. The Bertz CT molecular complexity index is 1070. The van der Waals surface area contributed by atoms with E-state index in [4.69, 9.17) is 14.2 Å². The van der Waals surface area contributed by atoms with Gasteiger partial charge in [-0.3, -0.25) is 0 Å². The summed E-state index contributed by atoms with van der Waals surface area (Å²) >= 11 is 3.55. The lowest BCUT2D eigenvalue weighted by Gasteiger charge is -2.26. The minimum atomic E-state index is 0.113. The zero-order chi connectivity index (χ0) is 21.6. The smallest absolute Gasteiger partial charge is 0.161 e. The van der Waals surface area contributed by atoms with E-state index in [0.29, 0.717) is 6.61 Å². The highest BCUT2D eigenvalue weighted by molar-refractivity contribution is 9.10. The maximum atomic E-state index is 6.10. The van der Waals surface area contributed by atoms with Gasteiger partial charge in [-0.1, -0.05) is 48.6 Å². The zero-order valence-electron chi connectivity index (χ0n) is 17.7. The van der Waals surface area contributed by atoms with Crippen molar-refractivity contribution in [2.45, 2.75) is 19.1 Å². The number of rotatable bonds is 7. The van der Waals surface area contributed by atoms with Crippen molar-refractivity contribution in [2.24, 2.45) is 0 Å². The molecule has 0 radical (unpaired) electrons. The van der Waals surface area contributed by atoms with E-state index >= 15 is 0 Å². The SMILES string of the molecule is COc1ccc(C=CC2NCCc3cc(OCc4ccccc4)c(OC)cc32)cc1Br. The molecule has 1 aliphatic heterocycles. The Labute approximate surface area is 192 Å². The van der Waals surface area contributed by atoms with Gasteiger partial charge < -0.3 is 19.5 Å². The lowest BCUT2D eigenvalue weighted by atomic mass is 9.93. The molecular weight excluding hydrogens is 454 g/mol. The van der Waals surface area contributed by atoms with Crippen LogP contribution in [0.5, 0.6) is 17.2 Å². The van der Waals surface area contributed by atoms with Crippen molar-refractivity contribution in [2.75, 3.05) is 20.8 Å². The minimum Gasteiger partial charge on any atom is -0.496 e. The van der Waals surface area contributed by atoms with Gasteiger partial charge in [0.25, 0.3) is 0 Å². The molecule has 0 saturated carbocycles. The Hall–Kier alpha value is -2.76. The summed E-state index contributed by atoms with van der Waals surface area (Å²) in [4.78, 5) is 0. The largest absolute Gasteiger partial charge is 0.496 e. The molecular formula is C26H26BrNO3. The highest BCUT2D eigenvalue weighted by Crippen LogP contribution is 2.36. The van der Waals surface area contributed by atoms with Crippen molar-refractivity contribution in [3.63, 3.8) is 0 Å². The minimum absolute atomic E-state index is 0.113. The van der Waals surface area contributed by atoms with E-state index in [1.165, 1.54) is 11.1 Å². The van der Waals surface area contributed by atoms with Crippen LogP contribution in [0.15, 0.2) is 71.2 Å². The number of nitrogens with one attached hydrogen (secondary N) is 1. The van der Waals surface area contributed by atoms with Crippen LogP contribution >= 0.6 is 15.9 Å². The van der Waals surface area contributed by atoms with E-state index in [2.05, 4.69) is 63.7 Å². The van der Waals surface area contributed by atoms with Gasteiger partial charge in [0.2, 0.25) is 0 Å². The van der Waals surface area contributed by atoms with Crippen LogP contribution in [-0.2, 0) is 13.0 Å². The molecule has 0 saturated heterocycles. The molecule has 5 heteroatoms. The van der Waals surface area contributed by atoms with Gasteiger partial charge in [-0.2, -0.15) is 0 Å². The van der Waals surface area contributed by atoms with E-state index in [1.54, 1.807) is 14.2 Å². The second-order valence-corrected chi connectivity index (χ2v) is 8.27. The summed E-state index contributed by atoms with van der Waals surface area (Å²) in [5.74, 6) is 2.36. The number of methoxy groups -OCH3 is 2. The fourth-order valence-corrected chi connectivity index (χ4v) is 4.33. The van der Waals surface area contributed by atoms with E-state index in [9.17, 15) is 0 Å². The van der Waals surface area contributed by atoms with Gasteiger partial charge >= 0.3 is 0 Å². The lowest BCUT2D eigenvalue weighted by molar-refractivity contribution is 0.283. The molecule has 31 heavy (non-hydrogen) atoms. The number of ether oxygens (including phenoxy) is 3. The van der Waals surface area contributed by atoms with Crippen LogP contribution in [0.4, 0.5) is 0 Å². The molecule has 4 rings (SSSR count). The average Bonchev–Trinajstić information content (AvgIpc) is 2.81. The lowest BCUT2D eigenvalue weighted by Crippen LogP contribution is -2.28. The standard InChI is InChI=1S/C26H26BrNO3/c1-29-24-11-9-18(14-22(24)27)8-10-23-21-16-25(30-2)26(15-20(21)12-13-28-23)31-17-19-6-4-3-5-7-19/h3-11,14-16,23,28H,12-13,17H2,1-2H3. The van der Waals surface area contributed by atoms with Gasteiger partial charge in [0.05, 0.1) is 24.7 Å². The van der Waals surface area contributed by atoms with Crippen LogP contribution < -0.4 is 19.5 Å². The Morgan fingerprint density at radius 2 is 1.77 bits per heavy atom. The molecule has 160 valence electrons. The van der Waals surface area contributed by atoms with Crippen molar-refractivity contribution < 1.29 is 14.2 Å². The van der Waals surface area contributed by atoms with Crippen LogP contribution in [0.2, 0.25) is 0 Å². The maximum Gasteiger partial charge on any atom is 0.161 e. The molecule has 3 aromatic carbocycles. The molecule has 1 atom stereocenters. The second-order valence-electron chi connectivity index (χ2n) is 7.41. The van der Waals surface area contributed by atoms with Crippen LogP contribution in [-0.4, -0.2) is 20.8 Å². The number of halogens is 1. The number of hydrogen-bond acceptors (Lipinski definition) is 4. The van der Waals surface area contributed by atoms with Crippen LogP contribution in [0.25, 0.3) is 6.08 Å². The van der Waals surface area contributed by atoms with Gasteiger partial charge in [-0.25, -0.2) is 0 Å². The third kappa shape index (κ3) is 5.12. The summed E-state index contributed by atoms with van der Waals surface area (Å²) in [6.45, 7) is 1.43. The average molecular weight is 480 g/mol. The number of fused-ring (bicyclic) bond motifs is 1. The fourth-order valence-electron chi connectivity index (χ4n) is 3.77. The molecule has 0 bridgehead atoms. The van der Waals surface area contributed by atoms with Gasteiger partial charge in [0.1, 0.15) is 12.4 Å². The molecule has 0 amide bonds. The first-order valence-electron chi connectivity index (χ1n) is 10.3. The third-order valence-electron chi connectivity index (χ3n) is 5.41. The first kappa shape index (κ1) is 21.5. The van der Waals surface area contributed by atoms with Crippen LogP contribution in [0.1, 0.15) is 28.3 Å². The van der Waals surface area contributed by atoms with Crippen LogP contribution in [0, 0.1) is 0 Å². The van der Waals surface area contributed by atoms with E-state index < -0.39 is 0 Å². The maximum absolute atomic E-state index is 6.10. The molecule has 4 nitrogen and oxygen atoms in total. The van der Waals surface area contributed by atoms with Crippen molar-refractivity contribution in [3.05, 3.63) is 93.5 Å². The van der Waals surface area contributed by atoms with Gasteiger partial charge in [0, 0.05) is 6.54 Å². The molecule has 1 aliphatic rings. The van der Waals surface area contributed by atoms with Gasteiger partial charge in [-0.05, 0) is 68.9 Å². The summed E-state index contributed by atoms with van der Waals surface area (Å²) < 4.78 is 18.0. The molecule has 1 heterocycles. The monoisotopic (exact) mass is 479 g/mol. The molecule has 1 unspecified atom stereocenters. The quantitative estimate of drug-likeness (QED) is 0.454. The number of benzene rings is 3. The molecule has 0 aliphatic carbocycles. The Morgan fingerprint density at radius 1 is 0.968 bits per heavy atom. The van der Waals surface area contributed by atoms with E-state index in [1.807, 2.05) is 30.3 Å². The fraction of sp³-hybridized carbons (Fsp3) is 0.231. The Kier molecular flexibility index (Phi) is 6.95. The Balaban J connectivity index is 1.55. The summed E-state index contributed by atoms with van der Waals surface area (Å²) in [6.07, 6.45) is 5.28. The predicted molar refractivity (Wildman–Crippen MR) is 128 cm³/mol. The van der Waals surface area contributed by atoms with Crippen molar-refractivity contribution in [1.29, 1.82) is 0 Å². The van der Waals surface area contributed by atoms with Crippen LogP contribution in [0.3, 0.4) is 0 Å². The van der Waals surface area contributed by atoms with E-state index in [-0.39, 0.29) is 6.04 Å². The molecule has 0 aromatic heterocycles. The Morgan fingerprint density at radius 3 is 2.52 bits per heavy atom. The first-order valence-corrected chi connectivity index (χ1v) is 11.1. The highest BCUT2D eigenvalue weighted by atomic mass is 79.9. The summed E-state index contributed by atoms with van der Waals surface area (Å²) in [5.41, 5.74) is 4.75. The summed E-state index contributed by atoms with van der Waals surface area (Å²) in [7, 11) is 3.36. The molecule has 3 aromatic rings. The summed E-state index contributed by atoms with van der Waals surface area (Å²) in [6, 6.07) is 20.6. The number of hydrogen-bond donors (Lipinski definition) is 1. The van der Waals surface area contributed by atoms with E-state index in [0.717, 1.165) is 45.8 Å². The summed E-state index contributed by atoms with van der Waals surface area (Å²) in [5, 5.41) is 3.59. The van der Waals surface area contributed by atoms with Crippen molar-refractivity contribution in [1.82, 2.24) is 5.32 Å². The third-order valence-corrected chi connectivity index (χ3v) is 6.03. The zero-order valence-corrected chi connectivity index (χ0v) is 19.3. The van der Waals surface area contributed by atoms with Crippen molar-refractivity contribution >= 4 is 22.0 Å². The van der Waals surface area contributed by atoms with Gasteiger partial charge in [0.15, 0.2) is 11.5 Å². The highest BCUT2D eigenvalue weighted by Gasteiger charge is 2.21. The van der Waals surface area contributed by atoms with Crippen molar-refractivity contribution in [3.8, 4) is 17.2 Å². The molecule has 1 N–H and O–H groups in total. The van der Waals surface area contributed by atoms with Gasteiger partial charge in [-0.15, -0.1) is 0 Å². The topological polar surface area (TPSA) is 39.7 Å².